The quantitative estimate of drug-likeness (QED) is 0.621. The first-order valence-electron chi connectivity index (χ1n) is 10.1. The van der Waals surface area contributed by atoms with Crippen molar-refractivity contribution in [2.45, 2.75) is 39.7 Å². The molecule has 0 spiro atoms. The Morgan fingerprint density at radius 3 is 2.21 bits per heavy atom. The molecule has 0 radical (unpaired) electrons. The molecular formula is C24H28N2O3. The summed E-state index contributed by atoms with van der Waals surface area (Å²) in [4.78, 5) is 29.6. The highest BCUT2D eigenvalue weighted by Crippen LogP contribution is 2.34. The average Bonchev–Trinajstić information content (AvgIpc) is 2.96. The van der Waals surface area contributed by atoms with E-state index in [0.717, 1.165) is 29.8 Å². The van der Waals surface area contributed by atoms with E-state index >= 15 is 0 Å². The van der Waals surface area contributed by atoms with Gasteiger partial charge in [-0.15, -0.1) is 0 Å². The van der Waals surface area contributed by atoms with Crippen LogP contribution in [0.2, 0.25) is 0 Å². The van der Waals surface area contributed by atoms with Crippen molar-refractivity contribution >= 4 is 23.1 Å². The molecule has 2 aromatic rings. The summed E-state index contributed by atoms with van der Waals surface area (Å²) in [5, 5.41) is 0. The summed E-state index contributed by atoms with van der Waals surface area (Å²) in [6.45, 7) is 6.41. The van der Waals surface area contributed by atoms with Crippen LogP contribution in [0.5, 0.6) is 5.75 Å². The van der Waals surface area contributed by atoms with Crippen LogP contribution in [0.25, 0.3) is 5.57 Å². The van der Waals surface area contributed by atoms with E-state index in [4.69, 9.17) is 4.74 Å². The van der Waals surface area contributed by atoms with E-state index < -0.39 is 0 Å². The van der Waals surface area contributed by atoms with Gasteiger partial charge in [0.2, 0.25) is 0 Å². The summed E-state index contributed by atoms with van der Waals surface area (Å²) >= 11 is 0. The van der Waals surface area contributed by atoms with E-state index in [-0.39, 0.29) is 17.9 Å². The van der Waals surface area contributed by atoms with Crippen LogP contribution < -0.4 is 9.64 Å². The van der Waals surface area contributed by atoms with Crippen molar-refractivity contribution < 1.29 is 14.3 Å². The van der Waals surface area contributed by atoms with Gasteiger partial charge in [0, 0.05) is 19.3 Å². The molecule has 0 saturated heterocycles. The highest BCUT2D eigenvalue weighted by atomic mass is 16.5. The molecule has 0 unspecified atom stereocenters. The van der Waals surface area contributed by atoms with Gasteiger partial charge in [-0.2, -0.15) is 0 Å². The van der Waals surface area contributed by atoms with Crippen LogP contribution in [0.1, 0.15) is 39.2 Å². The summed E-state index contributed by atoms with van der Waals surface area (Å²) in [6, 6.07) is 17.0. The van der Waals surface area contributed by atoms with Crippen molar-refractivity contribution in [1.29, 1.82) is 0 Å². The van der Waals surface area contributed by atoms with Crippen molar-refractivity contribution in [2.75, 3.05) is 18.5 Å². The molecule has 0 fully saturated rings. The van der Waals surface area contributed by atoms with Gasteiger partial charge in [-0.1, -0.05) is 43.7 Å². The molecular weight excluding hydrogens is 364 g/mol. The topological polar surface area (TPSA) is 49.9 Å². The number of imide groups is 1. The number of unbranched alkanes of at least 4 members (excludes halogenated alkanes) is 1. The molecule has 0 aliphatic carbocycles. The van der Waals surface area contributed by atoms with Gasteiger partial charge in [0.05, 0.1) is 11.7 Å². The zero-order chi connectivity index (χ0) is 21.0. The maximum atomic E-state index is 13.2. The molecule has 1 heterocycles. The van der Waals surface area contributed by atoms with Gasteiger partial charge >= 0.3 is 0 Å². The molecule has 1 aliphatic heterocycles. The average molecular weight is 392 g/mol. The van der Waals surface area contributed by atoms with Crippen LogP contribution in [-0.2, 0) is 9.59 Å². The van der Waals surface area contributed by atoms with Crippen molar-refractivity contribution in [3.63, 3.8) is 0 Å². The van der Waals surface area contributed by atoms with Gasteiger partial charge in [0.1, 0.15) is 11.4 Å². The van der Waals surface area contributed by atoms with Gasteiger partial charge in [0.15, 0.2) is 0 Å². The minimum Gasteiger partial charge on any atom is -0.491 e. The van der Waals surface area contributed by atoms with E-state index in [0.29, 0.717) is 17.8 Å². The summed E-state index contributed by atoms with van der Waals surface area (Å²) in [5.41, 5.74) is 2.43. The molecule has 5 nitrogen and oxygen atoms in total. The number of hydrogen-bond acceptors (Lipinski definition) is 4. The molecule has 3 rings (SSSR count). The number of nitrogens with zero attached hydrogens (tertiary/aromatic N) is 2. The van der Waals surface area contributed by atoms with E-state index in [1.807, 2.05) is 82.4 Å². The predicted molar refractivity (Wildman–Crippen MR) is 116 cm³/mol. The van der Waals surface area contributed by atoms with Crippen LogP contribution in [0.4, 0.5) is 5.69 Å². The largest absolute Gasteiger partial charge is 0.491 e. The van der Waals surface area contributed by atoms with E-state index in [1.54, 1.807) is 4.90 Å². The zero-order valence-corrected chi connectivity index (χ0v) is 17.5. The molecule has 5 heteroatoms. The predicted octanol–water partition coefficient (Wildman–Crippen LogP) is 4.49. The molecule has 0 bridgehead atoms. The second-order valence-electron chi connectivity index (χ2n) is 7.42. The number of hydrogen-bond donors (Lipinski definition) is 0. The molecule has 2 aromatic carbocycles. The first-order chi connectivity index (χ1) is 13.9. The summed E-state index contributed by atoms with van der Waals surface area (Å²) < 4.78 is 5.71. The zero-order valence-electron chi connectivity index (χ0n) is 17.5. The lowest BCUT2D eigenvalue weighted by atomic mass is 10.0. The third-order valence-corrected chi connectivity index (χ3v) is 4.87. The Labute approximate surface area is 172 Å². The monoisotopic (exact) mass is 392 g/mol. The Hall–Kier alpha value is -3.08. The minimum atomic E-state index is -0.243. The molecule has 0 N–H and O–H groups in total. The van der Waals surface area contributed by atoms with Crippen LogP contribution in [-0.4, -0.2) is 36.4 Å². The number of rotatable bonds is 8. The third-order valence-electron chi connectivity index (χ3n) is 4.87. The number of amides is 2. The first-order valence-corrected chi connectivity index (χ1v) is 10.1. The Balaban J connectivity index is 2.04. The Bertz CT molecular complexity index is 901. The van der Waals surface area contributed by atoms with Gasteiger partial charge in [-0.3, -0.25) is 14.5 Å². The van der Waals surface area contributed by atoms with Crippen molar-refractivity contribution in [2.24, 2.45) is 0 Å². The third kappa shape index (κ3) is 4.34. The van der Waals surface area contributed by atoms with Gasteiger partial charge < -0.3 is 9.64 Å². The molecule has 0 atom stereocenters. The minimum absolute atomic E-state index is 0.0686. The van der Waals surface area contributed by atoms with Crippen LogP contribution in [0.15, 0.2) is 60.3 Å². The number of anilines is 1. The van der Waals surface area contributed by atoms with Gasteiger partial charge in [-0.05, 0) is 50.1 Å². The molecule has 29 heavy (non-hydrogen) atoms. The lowest BCUT2D eigenvalue weighted by Gasteiger charge is -2.21. The van der Waals surface area contributed by atoms with Crippen LogP contribution in [0, 0.1) is 0 Å². The van der Waals surface area contributed by atoms with Crippen molar-refractivity contribution in [3.05, 3.63) is 65.9 Å². The highest BCUT2D eigenvalue weighted by molar-refractivity contribution is 6.36. The smallest absolute Gasteiger partial charge is 0.278 e. The molecule has 152 valence electrons. The number of carbonyl (C=O) groups excluding carboxylic acids is 2. The number of carbonyl (C=O) groups is 2. The maximum Gasteiger partial charge on any atom is 0.278 e. The maximum absolute atomic E-state index is 13.2. The molecule has 0 saturated carbocycles. The molecule has 0 aromatic heterocycles. The normalized spacial score (nSPS) is 14.2. The highest BCUT2D eigenvalue weighted by Gasteiger charge is 2.40. The lowest BCUT2D eigenvalue weighted by molar-refractivity contribution is -0.136. The number of benzene rings is 2. The number of likely N-dealkylation sites (N-methyl/N-ethyl adjacent to an activating group) is 1. The van der Waals surface area contributed by atoms with Crippen molar-refractivity contribution in [1.82, 2.24) is 4.90 Å². The van der Waals surface area contributed by atoms with Crippen molar-refractivity contribution in [3.8, 4) is 5.75 Å². The SMILES string of the molecule is CCCCN1C(=O)C(c2ccc(OC(C)C)cc2)=C(N(C)c2ccccc2)C1=O. The van der Waals surface area contributed by atoms with E-state index in [9.17, 15) is 9.59 Å². The number of para-hydroxylation sites is 1. The number of ether oxygens (including phenoxy) is 1. The van der Waals surface area contributed by atoms with Crippen LogP contribution in [0.3, 0.4) is 0 Å². The summed E-state index contributed by atoms with van der Waals surface area (Å²) in [5.74, 6) is 0.257. The fourth-order valence-electron chi connectivity index (χ4n) is 3.41. The van der Waals surface area contributed by atoms with Gasteiger partial charge in [0.25, 0.3) is 11.8 Å². The summed E-state index contributed by atoms with van der Waals surface area (Å²) in [7, 11) is 1.83. The Kier molecular flexibility index (Phi) is 6.37. The summed E-state index contributed by atoms with van der Waals surface area (Å²) in [6.07, 6.45) is 1.77. The Morgan fingerprint density at radius 2 is 1.62 bits per heavy atom. The lowest BCUT2D eigenvalue weighted by Crippen LogP contribution is -2.35. The molecule has 1 aliphatic rings. The molecule has 2 amide bonds. The fourth-order valence-corrected chi connectivity index (χ4v) is 3.41. The standard InChI is InChI=1S/C24H28N2O3/c1-5-6-16-26-23(27)21(18-12-14-20(15-13-18)29-17(2)3)22(24(26)28)25(4)19-10-8-7-9-11-19/h7-15,17H,5-6,16H2,1-4H3. The first kappa shape index (κ1) is 20.6. The van der Waals surface area contributed by atoms with Gasteiger partial charge in [-0.25, -0.2) is 0 Å². The van der Waals surface area contributed by atoms with E-state index in [1.165, 1.54) is 4.90 Å². The second-order valence-corrected chi connectivity index (χ2v) is 7.42. The second kappa shape index (κ2) is 8.95. The van der Waals surface area contributed by atoms with E-state index in [2.05, 4.69) is 0 Å². The fraction of sp³-hybridized carbons (Fsp3) is 0.333. The Morgan fingerprint density at radius 1 is 0.966 bits per heavy atom. The van der Waals surface area contributed by atoms with Crippen LogP contribution >= 0.6 is 0 Å².